The van der Waals surface area contributed by atoms with Gasteiger partial charge in [0.05, 0.1) is 22.8 Å². The molecule has 0 saturated carbocycles. The second-order valence-electron chi connectivity index (χ2n) is 16.4. The minimum Gasteiger partial charge on any atom is -0.454 e. The highest BCUT2D eigenvalue weighted by Gasteiger charge is 2.57. The number of anilines is 1. The fourth-order valence-corrected chi connectivity index (χ4v) is 15.5. The molecule has 1 saturated heterocycles. The van der Waals surface area contributed by atoms with Crippen LogP contribution in [0.2, 0.25) is 0 Å². The van der Waals surface area contributed by atoms with E-state index in [9.17, 15) is 0 Å². The average molecular weight is 798 g/mol. The Hall–Kier alpha value is -7.44. The Balaban J connectivity index is 1.06. The number of benzene rings is 9. The molecule has 3 unspecified atom stereocenters. The first-order chi connectivity index (χ1) is 30.3. The van der Waals surface area contributed by atoms with Crippen LogP contribution in [0.3, 0.4) is 0 Å². The molecule has 3 atom stereocenters. The average Bonchev–Trinajstić information content (AvgIpc) is 3.59. The third-order valence-corrected chi connectivity index (χ3v) is 18.1. The number of nitrogens with zero attached hydrogens (tertiary/aromatic N) is 3. The molecule has 0 amide bonds. The smallest absolute Gasteiger partial charge is 0.179 e. The van der Waals surface area contributed by atoms with Crippen LogP contribution in [0.25, 0.3) is 49.4 Å². The predicted molar refractivity (Wildman–Crippen MR) is 253 cm³/mol. The number of hydrogen-bond donors (Lipinski definition) is 0. The van der Waals surface area contributed by atoms with Crippen LogP contribution in [0.5, 0.6) is 0 Å². The van der Waals surface area contributed by atoms with Crippen molar-refractivity contribution in [3.63, 3.8) is 0 Å². The topological polar surface area (TPSA) is 24.1 Å². The van der Waals surface area contributed by atoms with Crippen LogP contribution in [0, 0.1) is 0 Å². The number of hydrogen-bond acceptors (Lipinski definition) is 3. The summed E-state index contributed by atoms with van der Waals surface area (Å²) in [4.78, 5) is 0. The van der Waals surface area contributed by atoms with Crippen molar-refractivity contribution in [3.05, 3.63) is 241 Å². The summed E-state index contributed by atoms with van der Waals surface area (Å²) in [5, 5.41) is 15.1. The van der Waals surface area contributed by atoms with Gasteiger partial charge in [0.15, 0.2) is 13.7 Å². The van der Waals surface area contributed by atoms with E-state index in [0.717, 1.165) is 38.7 Å². The summed E-state index contributed by atoms with van der Waals surface area (Å²) in [6, 6.07) is 83.0. The van der Waals surface area contributed by atoms with Gasteiger partial charge in [-0.2, -0.15) is 5.01 Å². The van der Waals surface area contributed by atoms with Crippen molar-refractivity contribution in [2.45, 2.75) is 12.2 Å². The highest BCUT2D eigenvalue weighted by Crippen LogP contribution is 2.60. The van der Waals surface area contributed by atoms with Gasteiger partial charge < -0.3 is 8.98 Å². The molecular formula is C56H39N3OSi. The Morgan fingerprint density at radius 3 is 1.75 bits per heavy atom. The van der Waals surface area contributed by atoms with E-state index in [1.54, 1.807) is 0 Å². The Morgan fingerprint density at radius 1 is 0.426 bits per heavy atom. The summed E-state index contributed by atoms with van der Waals surface area (Å²) in [5.41, 5.74) is 10.4. The van der Waals surface area contributed by atoms with Crippen LogP contribution in [0.1, 0.15) is 28.9 Å². The van der Waals surface area contributed by atoms with Crippen molar-refractivity contribution < 1.29 is 4.42 Å². The van der Waals surface area contributed by atoms with Gasteiger partial charge in [-0.3, -0.25) is 5.01 Å². The van der Waals surface area contributed by atoms with E-state index in [4.69, 9.17) is 4.42 Å². The van der Waals surface area contributed by atoms with E-state index < -0.39 is 8.07 Å². The molecule has 5 heteroatoms. The largest absolute Gasteiger partial charge is 0.454 e. The van der Waals surface area contributed by atoms with Gasteiger partial charge in [0.1, 0.15) is 11.7 Å². The van der Waals surface area contributed by atoms with Crippen molar-refractivity contribution in [2.75, 3.05) is 5.01 Å². The Bertz CT molecular complexity index is 3360. The summed E-state index contributed by atoms with van der Waals surface area (Å²) in [6.07, 6.45) is 0.125. The molecule has 4 nitrogen and oxygen atoms in total. The fraction of sp³-hybridized carbons (Fsp3) is 0.0357. The molecule has 4 heterocycles. The second-order valence-corrected chi connectivity index (χ2v) is 20.2. The number of para-hydroxylation sites is 2. The van der Waals surface area contributed by atoms with Crippen LogP contribution < -0.4 is 25.8 Å². The normalized spacial score (nSPS) is 17.0. The molecule has 1 fully saturated rings. The molecule has 2 aliphatic rings. The second kappa shape index (κ2) is 13.3. The third-order valence-electron chi connectivity index (χ3n) is 13.3. The first-order valence-corrected chi connectivity index (χ1v) is 23.2. The zero-order valence-electron chi connectivity index (χ0n) is 33.3. The van der Waals surface area contributed by atoms with Crippen molar-refractivity contribution >= 4 is 78.3 Å². The highest BCUT2D eigenvalue weighted by molar-refractivity contribution is 7.20. The lowest BCUT2D eigenvalue weighted by Gasteiger charge is -2.34. The molecule has 61 heavy (non-hydrogen) atoms. The first kappa shape index (κ1) is 34.4. The summed E-state index contributed by atoms with van der Waals surface area (Å²) in [6.45, 7) is 0. The lowest BCUT2D eigenvalue weighted by molar-refractivity contribution is 0.446. The standard InChI is InChI=1S/C56H39N3OSi/c1-5-18-38(19-6-1)53-48-29-13-15-30-51(48)58-56(59(53)58)39-20-17-21-40(36-39)57-50-35-32-44(37-49(50)46-33-34-47-45-28-14-16-31-52(45)60-55(47)54(46)57)61(41-22-7-2-8-23-41,42-24-9-3-10-25-42)43-26-11-4-12-27-43/h1-37,53,56H. The van der Waals surface area contributed by atoms with Gasteiger partial charge in [-0.25, -0.2) is 0 Å². The van der Waals surface area contributed by atoms with Crippen molar-refractivity contribution in [3.8, 4) is 5.69 Å². The molecular weight excluding hydrogens is 759 g/mol. The van der Waals surface area contributed by atoms with Gasteiger partial charge >= 0.3 is 0 Å². The van der Waals surface area contributed by atoms with Crippen molar-refractivity contribution in [2.24, 2.45) is 0 Å². The minimum absolute atomic E-state index is 0.125. The number of fused-ring (bicyclic) bond motifs is 10. The molecule has 13 rings (SSSR count). The fourth-order valence-electron chi connectivity index (χ4n) is 10.7. The monoisotopic (exact) mass is 797 g/mol. The first-order valence-electron chi connectivity index (χ1n) is 21.2. The van der Waals surface area contributed by atoms with Crippen molar-refractivity contribution in [1.82, 2.24) is 9.58 Å². The van der Waals surface area contributed by atoms with E-state index >= 15 is 0 Å². The van der Waals surface area contributed by atoms with Gasteiger partial charge in [0, 0.05) is 32.8 Å². The summed E-state index contributed by atoms with van der Waals surface area (Å²) < 4.78 is 9.35. The maximum Gasteiger partial charge on any atom is 0.179 e. The quantitative estimate of drug-likeness (QED) is 0.0912. The molecule has 11 aromatic rings. The van der Waals surface area contributed by atoms with Gasteiger partial charge in [0.2, 0.25) is 0 Å². The number of hydrazine groups is 1. The number of rotatable bonds is 7. The molecule has 288 valence electrons. The van der Waals surface area contributed by atoms with Gasteiger partial charge in [-0.1, -0.05) is 188 Å². The Morgan fingerprint density at radius 2 is 1.03 bits per heavy atom. The molecule has 0 spiro atoms. The van der Waals surface area contributed by atoms with E-state index in [-0.39, 0.29) is 12.2 Å². The summed E-state index contributed by atoms with van der Waals surface area (Å²) >= 11 is 0. The number of furan rings is 1. The van der Waals surface area contributed by atoms with E-state index in [2.05, 4.69) is 239 Å². The highest BCUT2D eigenvalue weighted by atomic mass is 28.3. The third kappa shape index (κ3) is 4.96. The van der Waals surface area contributed by atoms with E-state index in [1.807, 2.05) is 0 Å². The lowest BCUT2D eigenvalue weighted by atomic mass is 9.97. The van der Waals surface area contributed by atoms with Crippen LogP contribution in [0.4, 0.5) is 5.69 Å². The van der Waals surface area contributed by atoms with Crippen LogP contribution in [-0.4, -0.2) is 17.6 Å². The molecule has 0 N–H and O–H groups in total. The Kier molecular flexibility index (Phi) is 7.50. The van der Waals surface area contributed by atoms with Gasteiger partial charge in [-0.05, 0) is 68.3 Å². The van der Waals surface area contributed by atoms with Crippen LogP contribution in [-0.2, 0) is 0 Å². The summed E-state index contributed by atoms with van der Waals surface area (Å²) in [5.74, 6) is 0. The van der Waals surface area contributed by atoms with Crippen molar-refractivity contribution in [1.29, 1.82) is 0 Å². The maximum atomic E-state index is 6.89. The lowest BCUT2D eigenvalue weighted by Crippen LogP contribution is -2.74. The predicted octanol–water partition coefficient (Wildman–Crippen LogP) is 10.9. The molecule has 0 radical (unpaired) electrons. The minimum atomic E-state index is -2.79. The van der Waals surface area contributed by atoms with E-state index in [0.29, 0.717) is 0 Å². The maximum absolute atomic E-state index is 6.89. The molecule has 0 bridgehead atoms. The zero-order chi connectivity index (χ0) is 40.1. The van der Waals surface area contributed by atoms with Crippen LogP contribution >= 0.6 is 0 Å². The van der Waals surface area contributed by atoms with Gasteiger partial charge in [-0.15, -0.1) is 0 Å². The van der Waals surface area contributed by atoms with Crippen LogP contribution in [0.15, 0.2) is 229 Å². The number of aromatic nitrogens is 1. The molecule has 2 aliphatic heterocycles. The van der Waals surface area contributed by atoms with E-state index in [1.165, 1.54) is 53.9 Å². The zero-order valence-corrected chi connectivity index (χ0v) is 34.3. The molecule has 9 aromatic carbocycles. The molecule has 0 aliphatic carbocycles. The summed E-state index contributed by atoms with van der Waals surface area (Å²) in [7, 11) is -2.79. The molecule has 2 aromatic heterocycles. The SMILES string of the molecule is c1ccc(C2c3ccccc3N3C(c4cccc(-n5c6ccc([Si](c7ccccc7)(c7ccccc7)c7ccccc7)cc6c6ccc7c8ccccc8oc7c65)c4)N23)cc1. The van der Waals surface area contributed by atoms with Gasteiger partial charge in [0.25, 0.3) is 0 Å². The Labute approximate surface area is 354 Å².